The summed E-state index contributed by atoms with van der Waals surface area (Å²) in [5, 5.41) is 2.95. The maximum absolute atomic E-state index is 12.3. The molecule has 0 spiro atoms. The van der Waals surface area contributed by atoms with Crippen molar-refractivity contribution in [2.24, 2.45) is 0 Å². The Labute approximate surface area is 120 Å². The minimum atomic E-state index is -0.0526. The van der Waals surface area contributed by atoms with E-state index < -0.39 is 0 Å². The minimum absolute atomic E-state index is 0.0526. The van der Waals surface area contributed by atoms with E-state index in [1.165, 1.54) is 0 Å². The first kappa shape index (κ1) is 12.5. The van der Waals surface area contributed by atoms with Gasteiger partial charge in [-0.2, -0.15) is 0 Å². The molecule has 0 saturated heterocycles. The number of nitrogens with zero attached hydrogens (tertiary/aromatic N) is 1. The fourth-order valence-corrected chi connectivity index (χ4v) is 2.64. The first-order chi connectivity index (χ1) is 9.13. The standard InChI is InChI=1S/C15H15BrN2O/c1-10-3-2-4-12(7-10)17-15(19)14-8-11(16)9-18(14)13-5-6-13/h2-4,7-9,13H,5-6H2,1H3,(H,17,19). The summed E-state index contributed by atoms with van der Waals surface area (Å²) < 4.78 is 3.02. The maximum Gasteiger partial charge on any atom is 0.272 e. The monoisotopic (exact) mass is 318 g/mol. The zero-order valence-corrected chi connectivity index (χ0v) is 12.3. The summed E-state index contributed by atoms with van der Waals surface area (Å²) >= 11 is 3.44. The molecule has 98 valence electrons. The molecule has 1 aliphatic carbocycles. The average Bonchev–Trinajstić information content (AvgIpc) is 3.12. The number of nitrogens with one attached hydrogen (secondary N) is 1. The molecule has 1 saturated carbocycles. The van der Waals surface area contributed by atoms with Gasteiger partial charge >= 0.3 is 0 Å². The zero-order valence-electron chi connectivity index (χ0n) is 10.7. The highest BCUT2D eigenvalue weighted by atomic mass is 79.9. The number of rotatable bonds is 3. The summed E-state index contributed by atoms with van der Waals surface area (Å²) in [6.45, 7) is 2.01. The van der Waals surface area contributed by atoms with Crippen LogP contribution in [0.1, 0.15) is 34.9 Å². The van der Waals surface area contributed by atoms with Crippen LogP contribution in [0.4, 0.5) is 5.69 Å². The van der Waals surface area contributed by atoms with E-state index in [4.69, 9.17) is 0 Å². The van der Waals surface area contributed by atoms with Gasteiger partial charge in [0.05, 0.1) is 0 Å². The first-order valence-corrected chi connectivity index (χ1v) is 7.18. The van der Waals surface area contributed by atoms with Crippen molar-refractivity contribution in [3.63, 3.8) is 0 Å². The molecule has 1 aliphatic rings. The van der Waals surface area contributed by atoms with Gasteiger partial charge in [-0.3, -0.25) is 4.79 Å². The first-order valence-electron chi connectivity index (χ1n) is 6.39. The molecule has 0 radical (unpaired) electrons. The van der Waals surface area contributed by atoms with E-state index in [9.17, 15) is 4.79 Å². The Bertz CT molecular complexity index is 629. The average molecular weight is 319 g/mol. The lowest BCUT2D eigenvalue weighted by Gasteiger charge is -2.09. The number of aromatic nitrogens is 1. The van der Waals surface area contributed by atoms with E-state index in [0.29, 0.717) is 6.04 Å². The third-order valence-corrected chi connectivity index (χ3v) is 3.70. The van der Waals surface area contributed by atoms with Crippen LogP contribution in [0.3, 0.4) is 0 Å². The normalized spacial score (nSPS) is 14.4. The topological polar surface area (TPSA) is 34.0 Å². The third-order valence-electron chi connectivity index (χ3n) is 3.26. The van der Waals surface area contributed by atoms with Crippen LogP contribution < -0.4 is 5.32 Å². The molecule has 1 aromatic carbocycles. The summed E-state index contributed by atoms with van der Waals surface area (Å²) in [6, 6.07) is 10.2. The minimum Gasteiger partial charge on any atom is -0.339 e. The van der Waals surface area contributed by atoms with Gasteiger partial charge in [-0.15, -0.1) is 0 Å². The Hall–Kier alpha value is -1.55. The molecule has 0 unspecified atom stereocenters. The molecule has 4 heteroatoms. The zero-order chi connectivity index (χ0) is 13.4. The fraction of sp³-hybridized carbons (Fsp3) is 0.267. The van der Waals surface area contributed by atoms with E-state index in [1.54, 1.807) is 0 Å². The van der Waals surface area contributed by atoms with Gasteiger partial charge in [-0.1, -0.05) is 12.1 Å². The number of aryl methyl sites for hydroxylation is 1. The Balaban J connectivity index is 1.84. The number of hydrogen-bond donors (Lipinski definition) is 1. The van der Waals surface area contributed by atoms with Gasteiger partial charge in [-0.05, 0) is 59.5 Å². The molecule has 1 N–H and O–H groups in total. The van der Waals surface area contributed by atoms with Gasteiger partial charge in [0, 0.05) is 22.4 Å². The van der Waals surface area contributed by atoms with Crippen molar-refractivity contribution >= 4 is 27.5 Å². The number of amides is 1. The molecule has 1 aromatic heterocycles. The van der Waals surface area contributed by atoms with E-state index in [1.807, 2.05) is 43.5 Å². The van der Waals surface area contributed by atoms with Crippen LogP contribution in [0.5, 0.6) is 0 Å². The van der Waals surface area contributed by atoms with Gasteiger partial charge in [0.1, 0.15) is 5.69 Å². The highest BCUT2D eigenvalue weighted by molar-refractivity contribution is 9.10. The van der Waals surface area contributed by atoms with E-state index in [0.717, 1.165) is 34.3 Å². The smallest absolute Gasteiger partial charge is 0.272 e. The van der Waals surface area contributed by atoms with Crippen LogP contribution in [0.25, 0.3) is 0 Å². The lowest BCUT2D eigenvalue weighted by Crippen LogP contribution is -2.16. The Morgan fingerprint density at radius 1 is 1.37 bits per heavy atom. The fourth-order valence-electron chi connectivity index (χ4n) is 2.20. The Morgan fingerprint density at radius 2 is 2.16 bits per heavy atom. The van der Waals surface area contributed by atoms with E-state index >= 15 is 0 Å². The van der Waals surface area contributed by atoms with Crippen molar-refractivity contribution < 1.29 is 4.79 Å². The van der Waals surface area contributed by atoms with E-state index in [2.05, 4.69) is 25.8 Å². The van der Waals surface area contributed by atoms with Gasteiger partial charge in [0.2, 0.25) is 0 Å². The molecular weight excluding hydrogens is 304 g/mol. The SMILES string of the molecule is Cc1cccc(NC(=O)c2cc(Br)cn2C2CC2)c1. The summed E-state index contributed by atoms with van der Waals surface area (Å²) in [5.41, 5.74) is 2.69. The predicted octanol–water partition coefficient (Wildman–Crippen LogP) is 4.15. The molecule has 1 fully saturated rings. The number of benzene rings is 1. The second-order valence-electron chi connectivity index (χ2n) is 5.01. The lowest BCUT2D eigenvalue weighted by molar-refractivity contribution is 0.101. The third kappa shape index (κ3) is 2.73. The summed E-state index contributed by atoms with van der Waals surface area (Å²) in [4.78, 5) is 12.3. The van der Waals surface area contributed by atoms with Crippen molar-refractivity contribution in [2.75, 3.05) is 5.32 Å². The highest BCUT2D eigenvalue weighted by Crippen LogP contribution is 2.37. The number of halogens is 1. The molecule has 1 amide bonds. The van der Waals surface area contributed by atoms with Crippen LogP contribution >= 0.6 is 15.9 Å². The second-order valence-corrected chi connectivity index (χ2v) is 5.92. The highest BCUT2D eigenvalue weighted by Gasteiger charge is 2.27. The van der Waals surface area contributed by atoms with Crippen LogP contribution in [0.15, 0.2) is 41.0 Å². The van der Waals surface area contributed by atoms with Crippen LogP contribution in [0.2, 0.25) is 0 Å². The van der Waals surface area contributed by atoms with Gasteiger partial charge in [0.25, 0.3) is 5.91 Å². The van der Waals surface area contributed by atoms with E-state index in [-0.39, 0.29) is 5.91 Å². The van der Waals surface area contributed by atoms with Crippen molar-refractivity contribution in [1.82, 2.24) is 4.57 Å². The molecule has 3 rings (SSSR count). The summed E-state index contributed by atoms with van der Waals surface area (Å²) in [6.07, 6.45) is 4.31. The molecule has 0 aliphatic heterocycles. The van der Waals surface area contributed by atoms with Gasteiger partial charge in [0.15, 0.2) is 0 Å². The Kier molecular flexibility index (Phi) is 3.19. The number of hydrogen-bond acceptors (Lipinski definition) is 1. The van der Waals surface area contributed by atoms with Crippen LogP contribution in [-0.2, 0) is 0 Å². The quantitative estimate of drug-likeness (QED) is 0.906. The largest absolute Gasteiger partial charge is 0.339 e. The summed E-state index contributed by atoms with van der Waals surface area (Å²) in [7, 11) is 0. The van der Waals surface area contributed by atoms with Crippen LogP contribution in [-0.4, -0.2) is 10.5 Å². The van der Waals surface area contributed by atoms with Crippen LogP contribution in [0, 0.1) is 6.92 Å². The Morgan fingerprint density at radius 3 is 2.84 bits per heavy atom. The predicted molar refractivity (Wildman–Crippen MR) is 79.5 cm³/mol. The number of anilines is 1. The molecule has 19 heavy (non-hydrogen) atoms. The van der Waals surface area contributed by atoms with Crippen molar-refractivity contribution in [2.45, 2.75) is 25.8 Å². The van der Waals surface area contributed by atoms with Gasteiger partial charge in [-0.25, -0.2) is 0 Å². The molecule has 1 heterocycles. The summed E-state index contributed by atoms with van der Waals surface area (Å²) in [5.74, 6) is -0.0526. The number of carbonyl (C=O) groups excluding carboxylic acids is 1. The molecule has 3 nitrogen and oxygen atoms in total. The lowest BCUT2D eigenvalue weighted by atomic mass is 10.2. The molecule has 0 atom stereocenters. The number of carbonyl (C=O) groups is 1. The van der Waals surface area contributed by atoms with Crippen molar-refractivity contribution in [3.8, 4) is 0 Å². The van der Waals surface area contributed by atoms with Gasteiger partial charge < -0.3 is 9.88 Å². The van der Waals surface area contributed by atoms with Crippen molar-refractivity contribution in [1.29, 1.82) is 0 Å². The van der Waals surface area contributed by atoms with Crippen molar-refractivity contribution in [3.05, 3.63) is 52.3 Å². The molecule has 2 aromatic rings. The molecule has 0 bridgehead atoms. The molecular formula is C15H15BrN2O. The second kappa shape index (κ2) is 4.85. The maximum atomic E-state index is 12.3.